The summed E-state index contributed by atoms with van der Waals surface area (Å²) >= 11 is 5.92. The smallest absolute Gasteiger partial charge is 0.263 e. The number of ether oxygens (including phenoxy) is 1. The van der Waals surface area contributed by atoms with Crippen LogP contribution in [0, 0.1) is 0 Å². The number of piperidine rings is 1. The van der Waals surface area contributed by atoms with Gasteiger partial charge in [0.1, 0.15) is 11.6 Å². The number of carbonyl (C=O) groups excluding carboxylic acids is 1. The third kappa shape index (κ3) is 3.92. The SMILES string of the molecule is CC(C)(Oc1ccc(Cl)cc1)C(=O)NC1C[C@H]2CC[C@@H](C1)N2c1cnccn1. The summed E-state index contributed by atoms with van der Waals surface area (Å²) in [5.74, 6) is 1.47. The van der Waals surface area contributed by atoms with Gasteiger partial charge in [-0.3, -0.25) is 9.78 Å². The highest BCUT2D eigenvalue weighted by Crippen LogP contribution is 2.38. The second-order valence-corrected chi connectivity index (χ2v) is 8.50. The number of nitrogens with one attached hydrogen (secondary N) is 1. The molecule has 0 saturated carbocycles. The number of hydrogen-bond donors (Lipinski definition) is 1. The quantitative estimate of drug-likeness (QED) is 0.830. The van der Waals surface area contributed by atoms with Crippen LogP contribution in [-0.2, 0) is 4.79 Å². The molecule has 3 heterocycles. The molecule has 148 valence electrons. The highest BCUT2D eigenvalue weighted by molar-refractivity contribution is 6.30. The lowest BCUT2D eigenvalue weighted by atomic mass is 9.96. The minimum atomic E-state index is -0.963. The van der Waals surface area contributed by atoms with Crippen molar-refractivity contribution in [2.45, 2.75) is 63.3 Å². The van der Waals surface area contributed by atoms with Crippen molar-refractivity contribution >= 4 is 23.3 Å². The lowest BCUT2D eigenvalue weighted by Gasteiger charge is -2.40. The maximum absolute atomic E-state index is 12.9. The van der Waals surface area contributed by atoms with Crippen LogP contribution in [0.25, 0.3) is 0 Å². The summed E-state index contributed by atoms with van der Waals surface area (Å²) in [5, 5.41) is 3.85. The summed E-state index contributed by atoms with van der Waals surface area (Å²) in [6, 6.07) is 7.98. The molecule has 4 rings (SSSR count). The Morgan fingerprint density at radius 2 is 1.86 bits per heavy atom. The van der Waals surface area contributed by atoms with Gasteiger partial charge in [-0.1, -0.05) is 11.6 Å². The topological polar surface area (TPSA) is 67.3 Å². The van der Waals surface area contributed by atoms with Gasteiger partial charge < -0.3 is 15.0 Å². The summed E-state index contributed by atoms with van der Waals surface area (Å²) in [6.45, 7) is 3.58. The molecule has 0 radical (unpaired) electrons. The number of halogens is 1. The maximum atomic E-state index is 12.9. The Morgan fingerprint density at radius 1 is 1.18 bits per heavy atom. The van der Waals surface area contributed by atoms with Crippen LogP contribution >= 0.6 is 11.6 Å². The van der Waals surface area contributed by atoms with Crippen molar-refractivity contribution in [3.05, 3.63) is 47.9 Å². The molecule has 2 aliphatic heterocycles. The van der Waals surface area contributed by atoms with E-state index in [1.54, 1.807) is 50.5 Å². The van der Waals surface area contributed by atoms with Crippen molar-refractivity contribution in [1.29, 1.82) is 0 Å². The number of aromatic nitrogens is 2. The summed E-state index contributed by atoms with van der Waals surface area (Å²) in [5.41, 5.74) is -0.963. The van der Waals surface area contributed by atoms with Crippen molar-refractivity contribution in [2.75, 3.05) is 4.90 Å². The molecule has 2 aromatic rings. The van der Waals surface area contributed by atoms with E-state index in [1.807, 2.05) is 6.20 Å². The average Bonchev–Trinajstić information content (AvgIpc) is 2.95. The van der Waals surface area contributed by atoms with E-state index in [-0.39, 0.29) is 11.9 Å². The van der Waals surface area contributed by atoms with E-state index in [1.165, 1.54) is 0 Å². The first-order valence-corrected chi connectivity index (χ1v) is 10.1. The van der Waals surface area contributed by atoms with Crippen molar-refractivity contribution in [3.63, 3.8) is 0 Å². The van der Waals surface area contributed by atoms with E-state index in [9.17, 15) is 4.79 Å². The molecule has 2 bridgehead atoms. The number of anilines is 1. The molecule has 1 amide bonds. The lowest BCUT2D eigenvalue weighted by molar-refractivity contribution is -0.135. The molecule has 1 aromatic heterocycles. The van der Waals surface area contributed by atoms with Crippen molar-refractivity contribution in [1.82, 2.24) is 15.3 Å². The first-order chi connectivity index (χ1) is 13.4. The molecule has 2 aliphatic rings. The van der Waals surface area contributed by atoms with Crippen LogP contribution in [0.5, 0.6) is 5.75 Å². The molecule has 28 heavy (non-hydrogen) atoms. The average molecular weight is 401 g/mol. The minimum absolute atomic E-state index is 0.0974. The molecule has 2 fully saturated rings. The third-order valence-electron chi connectivity index (χ3n) is 5.62. The van der Waals surface area contributed by atoms with Gasteiger partial charge in [-0.25, -0.2) is 4.98 Å². The van der Waals surface area contributed by atoms with Gasteiger partial charge in [-0.15, -0.1) is 0 Å². The van der Waals surface area contributed by atoms with Crippen LogP contribution in [0.2, 0.25) is 5.02 Å². The van der Waals surface area contributed by atoms with Gasteiger partial charge in [0.2, 0.25) is 0 Å². The number of carbonyl (C=O) groups is 1. The van der Waals surface area contributed by atoms with E-state index in [4.69, 9.17) is 16.3 Å². The first-order valence-electron chi connectivity index (χ1n) is 9.72. The molecule has 1 unspecified atom stereocenters. The van der Waals surface area contributed by atoms with Gasteiger partial charge in [0.15, 0.2) is 5.60 Å². The number of benzene rings is 1. The van der Waals surface area contributed by atoms with E-state index in [2.05, 4.69) is 20.2 Å². The summed E-state index contributed by atoms with van der Waals surface area (Å²) < 4.78 is 5.92. The number of rotatable bonds is 5. The van der Waals surface area contributed by atoms with Gasteiger partial charge in [0, 0.05) is 35.5 Å². The van der Waals surface area contributed by atoms with E-state index in [0.29, 0.717) is 22.9 Å². The number of hydrogen-bond acceptors (Lipinski definition) is 5. The second kappa shape index (κ2) is 7.59. The molecule has 3 atom stereocenters. The van der Waals surface area contributed by atoms with E-state index >= 15 is 0 Å². The largest absolute Gasteiger partial charge is 0.478 e. The highest BCUT2D eigenvalue weighted by atomic mass is 35.5. The van der Waals surface area contributed by atoms with Gasteiger partial charge >= 0.3 is 0 Å². The Kier molecular flexibility index (Phi) is 5.15. The Morgan fingerprint density at radius 3 is 2.46 bits per heavy atom. The first kappa shape index (κ1) is 19.0. The zero-order valence-electron chi connectivity index (χ0n) is 16.1. The zero-order valence-corrected chi connectivity index (χ0v) is 16.9. The molecule has 6 nitrogen and oxygen atoms in total. The van der Waals surface area contributed by atoms with E-state index < -0.39 is 5.60 Å². The number of nitrogens with zero attached hydrogens (tertiary/aromatic N) is 3. The van der Waals surface area contributed by atoms with Gasteiger partial charge in [0.25, 0.3) is 5.91 Å². The monoisotopic (exact) mass is 400 g/mol. The minimum Gasteiger partial charge on any atom is -0.478 e. The maximum Gasteiger partial charge on any atom is 0.263 e. The summed E-state index contributed by atoms with van der Waals surface area (Å²) in [7, 11) is 0. The predicted molar refractivity (Wildman–Crippen MR) is 109 cm³/mol. The van der Waals surface area contributed by atoms with Crippen LogP contribution in [0.15, 0.2) is 42.9 Å². The van der Waals surface area contributed by atoms with Crippen LogP contribution in [0.1, 0.15) is 39.5 Å². The third-order valence-corrected chi connectivity index (χ3v) is 5.87. The molecular formula is C21H25ClN4O2. The van der Waals surface area contributed by atoms with Gasteiger partial charge in [-0.05, 0) is 63.8 Å². The molecule has 2 saturated heterocycles. The fraction of sp³-hybridized carbons (Fsp3) is 0.476. The molecule has 7 heteroatoms. The Bertz CT molecular complexity index is 814. The Labute approximate surface area is 170 Å². The summed E-state index contributed by atoms with van der Waals surface area (Å²) in [4.78, 5) is 23.9. The van der Waals surface area contributed by atoms with Crippen LogP contribution < -0.4 is 15.0 Å². The lowest BCUT2D eigenvalue weighted by Crippen LogP contribution is -2.55. The molecule has 0 aliphatic carbocycles. The van der Waals surface area contributed by atoms with E-state index in [0.717, 1.165) is 31.5 Å². The Hall–Kier alpha value is -2.34. The van der Waals surface area contributed by atoms with Crippen molar-refractivity contribution in [3.8, 4) is 5.75 Å². The number of fused-ring (bicyclic) bond motifs is 2. The van der Waals surface area contributed by atoms with Gasteiger partial charge in [0.05, 0.1) is 6.20 Å². The fourth-order valence-corrected chi connectivity index (χ4v) is 4.42. The van der Waals surface area contributed by atoms with Gasteiger partial charge in [-0.2, -0.15) is 0 Å². The summed E-state index contributed by atoms with van der Waals surface area (Å²) in [6.07, 6.45) is 9.33. The second-order valence-electron chi connectivity index (χ2n) is 8.06. The molecule has 0 spiro atoms. The van der Waals surface area contributed by atoms with Crippen LogP contribution in [0.4, 0.5) is 5.82 Å². The number of amides is 1. The standard InChI is InChI=1S/C21H25ClN4O2/c1-21(2,28-18-7-3-14(22)4-8-18)20(27)25-15-11-16-5-6-17(12-15)26(16)19-13-23-9-10-24-19/h3-4,7-10,13,15-17H,5-6,11-12H2,1-2H3,(H,25,27)/t15?,16-,17+. The zero-order chi connectivity index (χ0) is 19.7. The van der Waals surface area contributed by atoms with Crippen molar-refractivity contribution < 1.29 is 9.53 Å². The van der Waals surface area contributed by atoms with Crippen molar-refractivity contribution in [2.24, 2.45) is 0 Å². The van der Waals surface area contributed by atoms with Crippen LogP contribution in [-0.4, -0.2) is 39.6 Å². The molecule has 1 aromatic carbocycles. The van der Waals surface area contributed by atoms with Crippen LogP contribution in [0.3, 0.4) is 0 Å². The fourth-order valence-electron chi connectivity index (χ4n) is 4.30. The predicted octanol–water partition coefficient (Wildman–Crippen LogP) is 3.60. The molecular weight excluding hydrogens is 376 g/mol. The molecule has 1 N–H and O–H groups in total. The normalized spacial score (nSPS) is 24.1. The highest BCUT2D eigenvalue weighted by Gasteiger charge is 2.43. The Balaban J connectivity index is 1.38.